The Bertz CT molecular complexity index is 429. The zero-order valence-electron chi connectivity index (χ0n) is 11.7. The summed E-state index contributed by atoms with van der Waals surface area (Å²) in [6.45, 7) is 6.96. The molecule has 3 rings (SSSR count). The first-order valence-corrected chi connectivity index (χ1v) is 6.99. The molecule has 2 fully saturated rings. The summed E-state index contributed by atoms with van der Waals surface area (Å²) in [4.78, 5) is 0. The molecule has 0 aromatic heterocycles. The largest absolute Gasteiger partial charge is 0.376 e. The molecule has 2 aliphatic rings. The third-order valence-corrected chi connectivity index (χ3v) is 4.20. The Kier molecular flexibility index (Phi) is 3.37. The van der Waals surface area contributed by atoms with E-state index in [1.54, 1.807) is 0 Å². The number of hydrogen-bond acceptors (Lipinski definition) is 3. The van der Waals surface area contributed by atoms with E-state index in [1.807, 2.05) is 32.0 Å². The van der Waals surface area contributed by atoms with Gasteiger partial charge in [-0.3, -0.25) is 0 Å². The van der Waals surface area contributed by atoms with Crippen LogP contribution in [0.1, 0.15) is 25.8 Å². The predicted octanol–water partition coefficient (Wildman–Crippen LogP) is 2.99. The normalized spacial score (nSPS) is 32.4. The molecular formula is C16H22O3. The molecule has 2 unspecified atom stereocenters. The third-order valence-electron chi connectivity index (χ3n) is 4.20. The maximum atomic E-state index is 5.89. The minimum atomic E-state index is -0.445. The second kappa shape index (κ2) is 4.89. The second-order valence-electron chi connectivity index (χ2n) is 6.24. The minimum absolute atomic E-state index is 0.197. The molecule has 1 saturated carbocycles. The quantitative estimate of drug-likeness (QED) is 0.835. The van der Waals surface area contributed by atoms with Crippen molar-refractivity contribution in [2.24, 2.45) is 11.3 Å². The molecule has 3 nitrogen and oxygen atoms in total. The molecule has 0 amide bonds. The van der Waals surface area contributed by atoms with Gasteiger partial charge in [0, 0.05) is 5.41 Å². The van der Waals surface area contributed by atoms with Gasteiger partial charge in [0.2, 0.25) is 0 Å². The van der Waals surface area contributed by atoms with Crippen LogP contribution >= 0.6 is 0 Å². The van der Waals surface area contributed by atoms with Crippen LogP contribution in [0, 0.1) is 11.3 Å². The van der Waals surface area contributed by atoms with E-state index in [0.717, 1.165) is 26.2 Å². The van der Waals surface area contributed by atoms with Crippen molar-refractivity contribution in [1.82, 2.24) is 0 Å². The van der Waals surface area contributed by atoms with Gasteiger partial charge >= 0.3 is 0 Å². The first kappa shape index (κ1) is 13.1. The molecule has 0 N–H and O–H groups in total. The number of ether oxygens (including phenoxy) is 3. The van der Waals surface area contributed by atoms with Crippen LogP contribution in [0.5, 0.6) is 0 Å². The smallest absolute Gasteiger partial charge is 0.162 e. The Morgan fingerprint density at radius 2 is 2.00 bits per heavy atom. The fraction of sp³-hybridized carbons (Fsp3) is 0.625. The molecule has 1 heterocycles. The molecule has 1 aromatic rings. The lowest BCUT2D eigenvalue weighted by Gasteiger charge is -2.25. The maximum absolute atomic E-state index is 5.89. The Balaban J connectivity index is 1.51. The average molecular weight is 262 g/mol. The molecule has 1 aromatic carbocycles. The molecule has 1 aliphatic carbocycles. The molecule has 3 heteroatoms. The highest BCUT2D eigenvalue weighted by Crippen LogP contribution is 2.55. The van der Waals surface area contributed by atoms with Gasteiger partial charge in [0.15, 0.2) is 5.79 Å². The summed E-state index contributed by atoms with van der Waals surface area (Å²) >= 11 is 0. The van der Waals surface area contributed by atoms with Crippen molar-refractivity contribution < 1.29 is 14.2 Å². The van der Waals surface area contributed by atoms with Crippen molar-refractivity contribution >= 4 is 0 Å². The van der Waals surface area contributed by atoms with Crippen molar-refractivity contribution in [2.75, 3.05) is 19.8 Å². The van der Waals surface area contributed by atoms with Gasteiger partial charge in [-0.25, -0.2) is 0 Å². The predicted molar refractivity (Wildman–Crippen MR) is 72.6 cm³/mol. The lowest BCUT2D eigenvalue weighted by Crippen LogP contribution is -2.29. The van der Waals surface area contributed by atoms with E-state index < -0.39 is 5.79 Å². The number of rotatable bonds is 4. The van der Waals surface area contributed by atoms with E-state index in [0.29, 0.717) is 12.5 Å². The van der Waals surface area contributed by atoms with Crippen LogP contribution in [0.15, 0.2) is 30.3 Å². The summed E-state index contributed by atoms with van der Waals surface area (Å²) in [5, 5.41) is 0. The van der Waals surface area contributed by atoms with Crippen LogP contribution in [0.3, 0.4) is 0 Å². The molecule has 2 atom stereocenters. The van der Waals surface area contributed by atoms with Crippen molar-refractivity contribution in [3.05, 3.63) is 35.9 Å². The van der Waals surface area contributed by atoms with E-state index in [4.69, 9.17) is 14.2 Å². The maximum Gasteiger partial charge on any atom is 0.162 e. The minimum Gasteiger partial charge on any atom is -0.376 e. The summed E-state index contributed by atoms with van der Waals surface area (Å²) in [6.07, 6.45) is 1.16. The lowest BCUT2D eigenvalue weighted by molar-refractivity contribution is -0.210. The molecular weight excluding hydrogens is 240 g/mol. The number of benzene rings is 1. The fourth-order valence-corrected chi connectivity index (χ4v) is 2.67. The average Bonchev–Trinajstić information content (AvgIpc) is 3.11. The highest BCUT2D eigenvalue weighted by Gasteiger charge is 2.57. The highest BCUT2D eigenvalue weighted by atomic mass is 16.7. The molecule has 104 valence electrons. The van der Waals surface area contributed by atoms with Gasteiger partial charge in [0.1, 0.15) is 0 Å². The van der Waals surface area contributed by atoms with Gasteiger partial charge in [-0.1, -0.05) is 30.3 Å². The van der Waals surface area contributed by atoms with Gasteiger partial charge < -0.3 is 14.2 Å². The van der Waals surface area contributed by atoms with Gasteiger partial charge in [-0.2, -0.15) is 0 Å². The third kappa shape index (κ3) is 2.99. The van der Waals surface area contributed by atoms with Crippen LogP contribution < -0.4 is 0 Å². The van der Waals surface area contributed by atoms with Crippen LogP contribution in [0.25, 0.3) is 0 Å². The molecule has 0 radical (unpaired) electrons. The summed E-state index contributed by atoms with van der Waals surface area (Å²) in [6, 6.07) is 10.3. The highest BCUT2D eigenvalue weighted by molar-refractivity contribution is 5.13. The molecule has 1 saturated heterocycles. The van der Waals surface area contributed by atoms with Gasteiger partial charge in [-0.15, -0.1) is 0 Å². The summed E-state index contributed by atoms with van der Waals surface area (Å²) in [5.74, 6) is 0.157. The summed E-state index contributed by atoms with van der Waals surface area (Å²) in [5.41, 5.74) is 1.42. The van der Waals surface area contributed by atoms with Crippen LogP contribution in [0.2, 0.25) is 0 Å². The van der Waals surface area contributed by atoms with E-state index in [1.165, 1.54) is 5.56 Å². The SMILES string of the molecule is CC1(C)OCC2CC2(COCc2ccccc2)CO1. The number of hydrogen-bond donors (Lipinski definition) is 0. The Morgan fingerprint density at radius 3 is 2.79 bits per heavy atom. The molecule has 19 heavy (non-hydrogen) atoms. The van der Waals surface area contributed by atoms with Gasteiger partial charge in [0.05, 0.1) is 26.4 Å². The Labute approximate surface area is 114 Å². The zero-order chi connectivity index (χ0) is 13.3. The summed E-state index contributed by atoms with van der Waals surface area (Å²) in [7, 11) is 0. The van der Waals surface area contributed by atoms with Crippen molar-refractivity contribution in [2.45, 2.75) is 32.7 Å². The zero-order valence-corrected chi connectivity index (χ0v) is 11.7. The van der Waals surface area contributed by atoms with Crippen LogP contribution in [-0.4, -0.2) is 25.6 Å². The Morgan fingerprint density at radius 1 is 1.21 bits per heavy atom. The van der Waals surface area contributed by atoms with E-state index in [2.05, 4.69) is 12.1 Å². The van der Waals surface area contributed by atoms with Gasteiger partial charge in [0.25, 0.3) is 0 Å². The monoisotopic (exact) mass is 262 g/mol. The first-order chi connectivity index (χ1) is 9.10. The van der Waals surface area contributed by atoms with Crippen molar-refractivity contribution in [3.63, 3.8) is 0 Å². The first-order valence-electron chi connectivity index (χ1n) is 6.99. The fourth-order valence-electron chi connectivity index (χ4n) is 2.67. The van der Waals surface area contributed by atoms with Gasteiger partial charge in [-0.05, 0) is 31.7 Å². The Hall–Kier alpha value is -0.900. The van der Waals surface area contributed by atoms with E-state index >= 15 is 0 Å². The summed E-state index contributed by atoms with van der Waals surface area (Å²) < 4.78 is 17.5. The standard InChI is InChI=1S/C16H22O3/c1-15(2)18-10-14-8-16(14,12-19-15)11-17-9-13-6-4-3-5-7-13/h3-7,14H,8-12H2,1-2H3. The van der Waals surface area contributed by atoms with Crippen LogP contribution in [-0.2, 0) is 20.8 Å². The van der Waals surface area contributed by atoms with Crippen molar-refractivity contribution in [3.8, 4) is 0 Å². The second-order valence-corrected chi connectivity index (χ2v) is 6.24. The molecule has 1 aliphatic heterocycles. The number of fused-ring (bicyclic) bond motifs is 1. The van der Waals surface area contributed by atoms with Crippen LogP contribution in [0.4, 0.5) is 0 Å². The van der Waals surface area contributed by atoms with E-state index in [-0.39, 0.29) is 5.41 Å². The topological polar surface area (TPSA) is 27.7 Å². The van der Waals surface area contributed by atoms with E-state index in [9.17, 15) is 0 Å². The molecule has 0 spiro atoms. The lowest BCUT2D eigenvalue weighted by atomic mass is 10.1. The van der Waals surface area contributed by atoms with Crippen molar-refractivity contribution in [1.29, 1.82) is 0 Å². The molecule has 0 bridgehead atoms.